The average Bonchev–Trinajstić information content (AvgIpc) is 2.48. The zero-order valence-corrected chi connectivity index (χ0v) is 14.4. The fourth-order valence-corrected chi connectivity index (χ4v) is 2.64. The molecular weight excluding hydrogens is 288 g/mol. The van der Waals surface area contributed by atoms with Crippen molar-refractivity contribution in [1.82, 2.24) is 5.32 Å². The van der Waals surface area contributed by atoms with Gasteiger partial charge in [0.1, 0.15) is 0 Å². The largest absolute Gasteiger partial charge is 0.362 e. The van der Waals surface area contributed by atoms with Gasteiger partial charge in [-0.05, 0) is 69.1 Å². The van der Waals surface area contributed by atoms with E-state index in [2.05, 4.69) is 61.7 Å². The van der Waals surface area contributed by atoms with Crippen LogP contribution in [0.3, 0.4) is 0 Å². The Morgan fingerprint density at radius 3 is 2.32 bits per heavy atom. The Balaban J connectivity index is 1.72. The molecule has 0 saturated carbocycles. The van der Waals surface area contributed by atoms with E-state index in [1.807, 2.05) is 12.1 Å². The van der Waals surface area contributed by atoms with E-state index < -0.39 is 0 Å². The maximum atomic E-state index is 5.32. The van der Waals surface area contributed by atoms with Crippen molar-refractivity contribution < 1.29 is 0 Å². The molecule has 0 amide bonds. The highest BCUT2D eigenvalue weighted by Gasteiger charge is 2.00. The second kappa shape index (κ2) is 7.95. The van der Waals surface area contributed by atoms with Crippen LogP contribution in [0, 0.1) is 20.8 Å². The van der Waals surface area contributed by atoms with Crippen LogP contribution in [0.1, 0.15) is 28.7 Å². The van der Waals surface area contributed by atoms with E-state index in [0.29, 0.717) is 5.11 Å². The van der Waals surface area contributed by atoms with Crippen LogP contribution in [0.4, 0.5) is 5.69 Å². The first-order valence-electron chi connectivity index (χ1n) is 7.72. The molecular formula is C19H24N2S. The lowest BCUT2D eigenvalue weighted by atomic mass is 10.0. The van der Waals surface area contributed by atoms with Gasteiger partial charge in [0.25, 0.3) is 0 Å². The third kappa shape index (κ3) is 5.15. The summed E-state index contributed by atoms with van der Waals surface area (Å²) in [6.07, 6.45) is 2.14. The van der Waals surface area contributed by atoms with Gasteiger partial charge in [0.2, 0.25) is 0 Å². The van der Waals surface area contributed by atoms with Gasteiger partial charge in [0, 0.05) is 12.2 Å². The van der Waals surface area contributed by atoms with Gasteiger partial charge in [0.15, 0.2) is 5.11 Å². The number of thiocarbonyl (C=S) groups is 1. The monoisotopic (exact) mass is 312 g/mol. The smallest absolute Gasteiger partial charge is 0.170 e. The van der Waals surface area contributed by atoms with E-state index in [1.54, 1.807) is 0 Å². The van der Waals surface area contributed by atoms with Gasteiger partial charge in [-0.3, -0.25) is 0 Å². The summed E-state index contributed by atoms with van der Waals surface area (Å²) >= 11 is 5.32. The van der Waals surface area contributed by atoms with Crippen molar-refractivity contribution in [2.75, 3.05) is 11.9 Å². The van der Waals surface area contributed by atoms with Crippen molar-refractivity contribution in [3.8, 4) is 0 Å². The molecule has 2 aromatic rings. The Kier molecular flexibility index (Phi) is 5.96. The molecule has 0 unspecified atom stereocenters. The van der Waals surface area contributed by atoms with E-state index in [0.717, 1.165) is 25.1 Å². The molecule has 2 nitrogen and oxygen atoms in total. The summed E-state index contributed by atoms with van der Waals surface area (Å²) in [6, 6.07) is 14.9. The Hall–Kier alpha value is -1.87. The van der Waals surface area contributed by atoms with E-state index in [-0.39, 0.29) is 0 Å². The highest BCUT2D eigenvalue weighted by atomic mass is 32.1. The fourth-order valence-electron chi connectivity index (χ4n) is 2.42. The van der Waals surface area contributed by atoms with E-state index in [4.69, 9.17) is 12.2 Å². The van der Waals surface area contributed by atoms with Crippen LogP contribution in [0.2, 0.25) is 0 Å². The first-order valence-corrected chi connectivity index (χ1v) is 8.13. The summed E-state index contributed by atoms with van der Waals surface area (Å²) in [4.78, 5) is 0. The summed E-state index contributed by atoms with van der Waals surface area (Å²) in [7, 11) is 0. The molecule has 0 saturated heterocycles. The zero-order valence-electron chi connectivity index (χ0n) is 13.6. The van der Waals surface area contributed by atoms with E-state index in [9.17, 15) is 0 Å². The maximum Gasteiger partial charge on any atom is 0.170 e. The van der Waals surface area contributed by atoms with E-state index in [1.165, 1.54) is 22.3 Å². The molecule has 0 fully saturated rings. The number of nitrogens with one attached hydrogen (secondary N) is 2. The maximum absolute atomic E-state index is 5.32. The van der Waals surface area contributed by atoms with Crippen molar-refractivity contribution in [3.63, 3.8) is 0 Å². The lowest BCUT2D eigenvalue weighted by Gasteiger charge is -2.11. The molecule has 0 heterocycles. The minimum absolute atomic E-state index is 0.685. The highest BCUT2D eigenvalue weighted by molar-refractivity contribution is 7.80. The van der Waals surface area contributed by atoms with Crippen molar-refractivity contribution >= 4 is 23.0 Å². The van der Waals surface area contributed by atoms with Crippen LogP contribution in [0.15, 0.2) is 42.5 Å². The molecule has 2 aromatic carbocycles. The van der Waals surface area contributed by atoms with Crippen LogP contribution in [0.25, 0.3) is 0 Å². The second-order valence-electron chi connectivity index (χ2n) is 5.78. The van der Waals surface area contributed by atoms with Crippen LogP contribution < -0.4 is 10.6 Å². The zero-order chi connectivity index (χ0) is 15.9. The Morgan fingerprint density at radius 1 is 0.955 bits per heavy atom. The average molecular weight is 312 g/mol. The van der Waals surface area contributed by atoms with Crippen LogP contribution in [0.5, 0.6) is 0 Å². The van der Waals surface area contributed by atoms with Gasteiger partial charge in [-0.1, -0.05) is 41.5 Å². The molecule has 0 atom stereocenters. The Bertz CT molecular complexity index is 632. The molecule has 0 aliphatic carbocycles. The number of hydrogen-bond donors (Lipinski definition) is 2. The first kappa shape index (κ1) is 16.5. The van der Waals surface area contributed by atoms with Gasteiger partial charge in [-0.2, -0.15) is 0 Å². The quantitative estimate of drug-likeness (QED) is 0.626. The predicted octanol–water partition coefficient (Wildman–Crippen LogP) is 4.53. The minimum Gasteiger partial charge on any atom is -0.362 e. The molecule has 22 heavy (non-hydrogen) atoms. The fraction of sp³-hybridized carbons (Fsp3) is 0.316. The topological polar surface area (TPSA) is 24.1 Å². The Morgan fingerprint density at radius 2 is 1.64 bits per heavy atom. The van der Waals surface area contributed by atoms with E-state index >= 15 is 0 Å². The van der Waals surface area contributed by atoms with Crippen molar-refractivity contribution in [2.45, 2.75) is 33.6 Å². The number of benzene rings is 2. The van der Waals surface area contributed by atoms with Gasteiger partial charge in [-0.25, -0.2) is 0 Å². The lowest BCUT2D eigenvalue weighted by molar-refractivity contribution is 0.774. The molecule has 3 heteroatoms. The Labute approximate surface area is 139 Å². The van der Waals surface area contributed by atoms with Gasteiger partial charge >= 0.3 is 0 Å². The minimum atomic E-state index is 0.685. The first-order chi connectivity index (χ1) is 10.5. The molecule has 0 spiro atoms. The molecule has 0 aliphatic rings. The number of rotatable bonds is 5. The molecule has 0 bridgehead atoms. The normalized spacial score (nSPS) is 10.3. The van der Waals surface area contributed by atoms with Crippen molar-refractivity contribution in [3.05, 3.63) is 64.7 Å². The summed E-state index contributed by atoms with van der Waals surface area (Å²) in [5.74, 6) is 0. The molecule has 2 rings (SSSR count). The number of aryl methyl sites for hydroxylation is 4. The molecule has 0 aromatic heterocycles. The second-order valence-corrected chi connectivity index (χ2v) is 6.19. The number of hydrogen-bond acceptors (Lipinski definition) is 1. The van der Waals surface area contributed by atoms with Crippen LogP contribution in [-0.2, 0) is 6.42 Å². The molecule has 2 N–H and O–H groups in total. The van der Waals surface area contributed by atoms with Crippen LogP contribution in [-0.4, -0.2) is 11.7 Å². The summed E-state index contributed by atoms with van der Waals surface area (Å²) in [5, 5.41) is 7.16. The van der Waals surface area contributed by atoms with Gasteiger partial charge in [0.05, 0.1) is 0 Å². The van der Waals surface area contributed by atoms with Gasteiger partial charge < -0.3 is 10.6 Å². The third-order valence-corrected chi connectivity index (χ3v) is 3.96. The predicted molar refractivity (Wildman–Crippen MR) is 99.6 cm³/mol. The van der Waals surface area contributed by atoms with Crippen molar-refractivity contribution in [2.24, 2.45) is 0 Å². The summed E-state index contributed by atoms with van der Waals surface area (Å²) in [6.45, 7) is 7.27. The third-order valence-electron chi connectivity index (χ3n) is 3.72. The lowest BCUT2D eigenvalue weighted by Crippen LogP contribution is -2.29. The molecule has 116 valence electrons. The number of anilines is 1. The molecule has 0 radical (unpaired) electrons. The summed E-state index contributed by atoms with van der Waals surface area (Å²) < 4.78 is 0. The standard InChI is InChI=1S/C19H24N2S/c1-14-7-10-18(11-8-14)21-19(22)20-12-4-5-17-9-6-15(2)13-16(17)3/h6-11,13H,4-5,12H2,1-3H3,(H2,20,21,22). The van der Waals surface area contributed by atoms with Crippen LogP contribution >= 0.6 is 12.2 Å². The molecule has 0 aliphatic heterocycles. The van der Waals surface area contributed by atoms with Gasteiger partial charge in [-0.15, -0.1) is 0 Å². The SMILES string of the molecule is Cc1ccc(NC(=S)NCCCc2ccc(C)cc2C)cc1. The summed E-state index contributed by atoms with van der Waals surface area (Å²) in [5.41, 5.74) is 6.39. The van der Waals surface area contributed by atoms with Crippen molar-refractivity contribution in [1.29, 1.82) is 0 Å². The highest BCUT2D eigenvalue weighted by Crippen LogP contribution is 2.12.